The number of nitrogens with zero attached hydrogens (tertiary/aromatic N) is 1. The van der Waals surface area contributed by atoms with Crippen molar-refractivity contribution in [3.05, 3.63) is 65.5 Å². The van der Waals surface area contributed by atoms with E-state index in [2.05, 4.69) is 0 Å². The van der Waals surface area contributed by atoms with Crippen molar-refractivity contribution in [2.75, 3.05) is 6.61 Å². The SMILES string of the molecule is N#Cc1ccc(OCC(N)c2ccccc2)cc1F. The second-order valence-corrected chi connectivity index (χ2v) is 4.08. The maximum atomic E-state index is 13.4. The van der Waals surface area contributed by atoms with Crippen LogP contribution in [-0.4, -0.2) is 6.61 Å². The maximum absolute atomic E-state index is 13.4. The van der Waals surface area contributed by atoms with Gasteiger partial charge in [0.05, 0.1) is 11.6 Å². The van der Waals surface area contributed by atoms with E-state index in [4.69, 9.17) is 15.7 Å². The summed E-state index contributed by atoms with van der Waals surface area (Å²) in [5.41, 5.74) is 6.92. The molecule has 0 aliphatic heterocycles. The van der Waals surface area contributed by atoms with Crippen molar-refractivity contribution in [3.63, 3.8) is 0 Å². The Morgan fingerprint density at radius 3 is 2.58 bits per heavy atom. The van der Waals surface area contributed by atoms with Crippen LogP contribution in [0, 0.1) is 17.1 Å². The lowest BCUT2D eigenvalue weighted by Crippen LogP contribution is -2.18. The molecular weight excluding hydrogens is 243 g/mol. The van der Waals surface area contributed by atoms with Crippen LogP contribution in [0.25, 0.3) is 0 Å². The molecule has 2 N–H and O–H groups in total. The molecule has 0 bridgehead atoms. The summed E-state index contributed by atoms with van der Waals surface area (Å²) in [5.74, 6) is -0.226. The van der Waals surface area contributed by atoms with Gasteiger partial charge < -0.3 is 10.5 Å². The Morgan fingerprint density at radius 1 is 1.21 bits per heavy atom. The summed E-state index contributed by atoms with van der Waals surface area (Å²) < 4.78 is 18.8. The first-order valence-corrected chi connectivity index (χ1v) is 5.83. The number of halogens is 1. The van der Waals surface area contributed by atoms with Crippen molar-refractivity contribution in [2.24, 2.45) is 5.73 Å². The average molecular weight is 256 g/mol. The monoisotopic (exact) mass is 256 g/mol. The number of nitriles is 1. The van der Waals surface area contributed by atoms with E-state index in [0.717, 1.165) is 5.56 Å². The molecular formula is C15H13FN2O. The largest absolute Gasteiger partial charge is 0.492 e. The van der Waals surface area contributed by atoms with Gasteiger partial charge in [-0.05, 0) is 17.7 Å². The molecule has 0 amide bonds. The minimum atomic E-state index is -0.590. The molecule has 96 valence electrons. The van der Waals surface area contributed by atoms with Crippen LogP contribution in [-0.2, 0) is 0 Å². The van der Waals surface area contributed by atoms with E-state index in [-0.39, 0.29) is 18.2 Å². The molecule has 1 atom stereocenters. The van der Waals surface area contributed by atoms with Crippen LogP contribution in [0.4, 0.5) is 4.39 Å². The Morgan fingerprint density at radius 2 is 1.95 bits per heavy atom. The highest BCUT2D eigenvalue weighted by molar-refractivity contribution is 5.36. The van der Waals surface area contributed by atoms with Crippen molar-refractivity contribution in [1.82, 2.24) is 0 Å². The fraction of sp³-hybridized carbons (Fsp3) is 0.133. The predicted octanol–water partition coefficient (Wildman–Crippen LogP) is 2.78. The van der Waals surface area contributed by atoms with Gasteiger partial charge in [-0.15, -0.1) is 0 Å². The summed E-state index contributed by atoms with van der Waals surface area (Å²) >= 11 is 0. The van der Waals surface area contributed by atoms with Gasteiger partial charge >= 0.3 is 0 Å². The molecule has 0 heterocycles. The van der Waals surface area contributed by atoms with Crippen LogP contribution in [0.1, 0.15) is 17.2 Å². The van der Waals surface area contributed by atoms with E-state index in [1.54, 1.807) is 12.1 Å². The zero-order valence-corrected chi connectivity index (χ0v) is 10.2. The average Bonchev–Trinajstić information content (AvgIpc) is 2.46. The molecule has 3 nitrogen and oxygen atoms in total. The highest BCUT2D eigenvalue weighted by atomic mass is 19.1. The number of hydrogen-bond acceptors (Lipinski definition) is 3. The van der Waals surface area contributed by atoms with Gasteiger partial charge in [-0.2, -0.15) is 5.26 Å². The zero-order valence-electron chi connectivity index (χ0n) is 10.2. The molecule has 0 radical (unpaired) electrons. The Kier molecular flexibility index (Phi) is 4.11. The molecule has 4 heteroatoms. The van der Waals surface area contributed by atoms with Crippen molar-refractivity contribution >= 4 is 0 Å². The third-order valence-corrected chi connectivity index (χ3v) is 2.72. The van der Waals surface area contributed by atoms with Crippen LogP contribution in [0.3, 0.4) is 0 Å². The lowest BCUT2D eigenvalue weighted by Gasteiger charge is -2.13. The van der Waals surface area contributed by atoms with E-state index in [1.165, 1.54) is 12.1 Å². The summed E-state index contributed by atoms with van der Waals surface area (Å²) in [7, 11) is 0. The highest BCUT2D eigenvalue weighted by Crippen LogP contribution is 2.18. The molecule has 0 aliphatic rings. The summed E-state index contributed by atoms with van der Waals surface area (Å²) in [6.07, 6.45) is 0. The third-order valence-electron chi connectivity index (χ3n) is 2.72. The maximum Gasteiger partial charge on any atom is 0.144 e. The van der Waals surface area contributed by atoms with Crippen molar-refractivity contribution in [1.29, 1.82) is 5.26 Å². The van der Waals surface area contributed by atoms with Gasteiger partial charge in [0.15, 0.2) is 0 Å². The molecule has 19 heavy (non-hydrogen) atoms. The van der Waals surface area contributed by atoms with Gasteiger partial charge in [0.2, 0.25) is 0 Å². The van der Waals surface area contributed by atoms with Gasteiger partial charge in [0.1, 0.15) is 24.2 Å². The Bertz CT molecular complexity index is 593. The molecule has 0 aromatic heterocycles. The van der Waals surface area contributed by atoms with Crippen LogP contribution in [0.2, 0.25) is 0 Å². The third kappa shape index (κ3) is 3.30. The Balaban J connectivity index is 2.00. The summed E-state index contributed by atoms with van der Waals surface area (Å²) in [6, 6.07) is 15.1. The molecule has 2 aromatic rings. The topological polar surface area (TPSA) is 59.0 Å². The molecule has 2 rings (SSSR count). The summed E-state index contributed by atoms with van der Waals surface area (Å²) in [6.45, 7) is 0.245. The van der Waals surface area contributed by atoms with Gasteiger partial charge in [-0.25, -0.2) is 4.39 Å². The zero-order chi connectivity index (χ0) is 13.7. The number of benzene rings is 2. The van der Waals surface area contributed by atoms with Gasteiger partial charge in [0, 0.05) is 6.07 Å². The van der Waals surface area contributed by atoms with Crippen LogP contribution < -0.4 is 10.5 Å². The second-order valence-electron chi connectivity index (χ2n) is 4.08. The molecule has 0 spiro atoms. The second kappa shape index (κ2) is 5.98. The number of ether oxygens (including phenoxy) is 1. The van der Waals surface area contributed by atoms with Crippen LogP contribution >= 0.6 is 0 Å². The molecule has 2 aromatic carbocycles. The minimum absolute atomic E-state index is 0.000271. The van der Waals surface area contributed by atoms with Crippen molar-refractivity contribution in [3.8, 4) is 11.8 Å². The number of nitrogens with two attached hydrogens (primary N) is 1. The van der Waals surface area contributed by atoms with E-state index < -0.39 is 5.82 Å². The molecule has 0 aliphatic carbocycles. The smallest absolute Gasteiger partial charge is 0.144 e. The fourth-order valence-corrected chi connectivity index (χ4v) is 1.66. The first-order valence-electron chi connectivity index (χ1n) is 5.83. The lowest BCUT2D eigenvalue weighted by atomic mass is 10.1. The van der Waals surface area contributed by atoms with Gasteiger partial charge in [-0.3, -0.25) is 0 Å². The van der Waals surface area contributed by atoms with E-state index >= 15 is 0 Å². The van der Waals surface area contributed by atoms with E-state index in [0.29, 0.717) is 5.75 Å². The summed E-state index contributed by atoms with van der Waals surface area (Å²) in [5, 5.41) is 8.63. The molecule has 0 fully saturated rings. The normalized spacial score (nSPS) is 11.6. The van der Waals surface area contributed by atoms with Crippen molar-refractivity contribution in [2.45, 2.75) is 6.04 Å². The summed E-state index contributed by atoms with van der Waals surface area (Å²) in [4.78, 5) is 0. The first kappa shape index (κ1) is 13.1. The lowest BCUT2D eigenvalue weighted by molar-refractivity contribution is 0.289. The van der Waals surface area contributed by atoms with Gasteiger partial charge in [-0.1, -0.05) is 30.3 Å². The van der Waals surface area contributed by atoms with Crippen LogP contribution in [0.15, 0.2) is 48.5 Å². The standard InChI is InChI=1S/C15H13FN2O/c16-14-8-13(7-6-12(14)9-17)19-10-15(18)11-4-2-1-3-5-11/h1-8,15H,10,18H2. The van der Waals surface area contributed by atoms with Crippen LogP contribution in [0.5, 0.6) is 5.75 Å². The number of rotatable bonds is 4. The minimum Gasteiger partial charge on any atom is -0.492 e. The first-order chi connectivity index (χ1) is 9.20. The fourth-order valence-electron chi connectivity index (χ4n) is 1.66. The van der Waals surface area contributed by atoms with E-state index in [9.17, 15) is 4.39 Å². The molecule has 0 saturated heterocycles. The quantitative estimate of drug-likeness (QED) is 0.915. The molecule has 0 saturated carbocycles. The molecule has 1 unspecified atom stereocenters. The Labute approximate surface area is 111 Å². The van der Waals surface area contributed by atoms with E-state index in [1.807, 2.05) is 30.3 Å². The van der Waals surface area contributed by atoms with Gasteiger partial charge in [0.25, 0.3) is 0 Å². The Hall–Kier alpha value is -2.38. The van der Waals surface area contributed by atoms with Crippen molar-refractivity contribution < 1.29 is 9.13 Å². The number of hydrogen-bond donors (Lipinski definition) is 1. The highest BCUT2D eigenvalue weighted by Gasteiger charge is 2.08. The predicted molar refractivity (Wildman–Crippen MR) is 70.0 cm³/mol.